The highest BCUT2D eigenvalue weighted by Gasteiger charge is 2.23. The monoisotopic (exact) mass is 471 g/mol. The predicted octanol–water partition coefficient (Wildman–Crippen LogP) is 5.34. The molecule has 8 nitrogen and oxygen atoms in total. The molecule has 0 aliphatic rings. The number of carboxylic acid groups (broad SMARTS) is 1. The van der Waals surface area contributed by atoms with Crippen molar-refractivity contribution >= 4 is 17.6 Å². The van der Waals surface area contributed by atoms with E-state index in [0.29, 0.717) is 22.7 Å². The second-order valence-electron chi connectivity index (χ2n) is 8.20. The van der Waals surface area contributed by atoms with Crippen LogP contribution in [0.25, 0.3) is 22.5 Å². The van der Waals surface area contributed by atoms with E-state index in [2.05, 4.69) is 10.3 Å². The maximum absolute atomic E-state index is 13.0. The van der Waals surface area contributed by atoms with Crippen molar-refractivity contribution in [1.82, 2.24) is 9.71 Å². The second kappa shape index (κ2) is 9.34. The number of hydrogen-bond acceptors (Lipinski definition) is 5. The smallest absolute Gasteiger partial charge is 0.335 e. The minimum Gasteiger partial charge on any atom is -0.496 e. The highest BCUT2D eigenvalue weighted by atomic mass is 16.5. The molecular formula is C27H25N3O5. The average Bonchev–Trinajstić information content (AvgIpc) is 3.12. The van der Waals surface area contributed by atoms with Gasteiger partial charge in [-0.15, -0.1) is 0 Å². The van der Waals surface area contributed by atoms with Crippen molar-refractivity contribution in [1.29, 1.82) is 0 Å². The molecule has 178 valence electrons. The molecule has 0 saturated heterocycles. The molecule has 0 aliphatic heterocycles. The maximum atomic E-state index is 13.0. The largest absolute Gasteiger partial charge is 0.496 e. The summed E-state index contributed by atoms with van der Waals surface area (Å²) in [5.41, 5.74) is 5.21. The molecular weight excluding hydrogens is 446 g/mol. The van der Waals surface area contributed by atoms with Gasteiger partial charge in [-0.25, -0.2) is 9.78 Å². The van der Waals surface area contributed by atoms with Gasteiger partial charge in [-0.1, -0.05) is 24.3 Å². The topological polar surface area (TPSA) is 114 Å². The first-order valence-electron chi connectivity index (χ1n) is 10.9. The number of anilines is 1. The summed E-state index contributed by atoms with van der Waals surface area (Å²) in [5, 5.41) is 22.7. The van der Waals surface area contributed by atoms with Crippen LogP contribution in [0.4, 0.5) is 5.69 Å². The Labute approximate surface area is 202 Å². The summed E-state index contributed by atoms with van der Waals surface area (Å²) in [6, 6.07) is 17.3. The van der Waals surface area contributed by atoms with E-state index in [4.69, 9.17) is 4.74 Å². The van der Waals surface area contributed by atoms with Crippen LogP contribution in [0, 0.1) is 20.8 Å². The Hall–Kier alpha value is -4.59. The normalized spacial score (nSPS) is 10.7. The second-order valence-corrected chi connectivity index (χ2v) is 8.20. The standard InChI is InChI=1S/C27H25N3O5/c1-15-7-5-8-16(2)23(15)21-14-18(11-12-22(21)35-4)25-28-17(3)24(30(25)34)26(31)29-20-10-6-9-19(13-20)27(32)33/h5-14,34H,1-4H3,(H,29,31)(H,32,33). The zero-order valence-electron chi connectivity index (χ0n) is 19.8. The number of methoxy groups -OCH3 is 1. The van der Waals surface area contributed by atoms with Gasteiger partial charge >= 0.3 is 5.97 Å². The molecule has 0 spiro atoms. The molecule has 1 heterocycles. The number of hydrogen-bond donors (Lipinski definition) is 3. The lowest BCUT2D eigenvalue weighted by atomic mass is 9.93. The third-order valence-electron chi connectivity index (χ3n) is 5.82. The van der Waals surface area contributed by atoms with Gasteiger partial charge in [0, 0.05) is 16.8 Å². The van der Waals surface area contributed by atoms with E-state index in [1.807, 2.05) is 38.1 Å². The Morgan fingerprint density at radius 1 is 0.971 bits per heavy atom. The Bertz CT molecular complexity index is 1440. The van der Waals surface area contributed by atoms with Crippen molar-refractivity contribution in [3.8, 4) is 28.3 Å². The van der Waals surface area contributed by atoms with Gasteiger partial charge < -0.3 is 20.4 Å². The summed E-state index contributed by atoms with van der Waals surface area (Å²) in [7, 11) is 1.60. The Morgan fingerprint density at radius 3 is 2.31 bits per heavy atom. The molecule has 0 saturated carbocycles. The first-order chi connectivity index (χ1) is 16.7. The number of amides is 1. The molecule has 0 fully saturated rings. The van der Waals surface area contributed by atoms with Crippen LogP contribution >= 0.6 is 0 Å². The highest BCUT2D eigenvalue weighted by Crippen LogP contribution is 2.37. The lowest BCUT2D eigenvalue weighted by Gasteiger charge is -2.15. The molecule has 4 rings (SSSR count). The Morgan fingerprint density at radius 2 is 1.66 bits per heavy atom. The van der Waals surface area contributed by atoms with Crippen molar-refractivity contribution in [3.05, 3.63) is 88.7 Å². The van der Waals surface area contributed by atoms with Crippen LogP contribution < -0.4 is 10.1 Å². The number of aromatic carboxylic acids is 1. The number of nitrogens with one attached hydrogen (secondary N) is 1. The lowest BCUT2D eigenvalue weighted by Crippen LogP contribution is -2.17. The summed E-state index contributed by atoms with van der Waals surface area (Å²) < 4.78 is 6.35. The van der Waals surface area contributed by atoms with Crippen LogP contribution in [-0.4, -0.2) is 39.0 Å². The zero-order valence-corrected chi connectivity index (χ0v) is 19.8. The van der Waals surface area contributed by atoms with Crippen molar-refractivity contribution in [2.24, 2.45) is 0 Å². The lowest BCUT2D eigenvalue weighted by molar-refractivity contribution is 0.0696. The summed E-state index contributed by atoms with van der Waals surface area (Å²) in [6.45, 7) is 5.66. The van der Waals surface area contributed by atoms with E-state index >= 15 is 0 Å². The van der Waals surface area contributed by atoms with Crippen molar-refractivity contribution in [3.63, 3.8) is 0 Å². The number of carbonyl (C=O) groups excluding carboxylic acids is 1. The van der Waals surface area contributed by atoms with Crippen LogP contribution in [0.3, 0.4) is 0 Å². The molecule has 0 bridgehead atoms. The number of carboxylic acids is 1. The molecule has 1 aromatic heterocycles. The third-order valence-corrected chi connectivity index (χ3v) is 5.82. The number of rotatable bonds is 6. The first-order valence-corrected chi connectivity index (χ1v) is 10.9. The number of benzene rings is 3. The fourth-order valence-corrected chi connectivity index (χ4v) is 4.17. The highest BCUT2D eigenvalue weighted by molar-refractivity contribution is 6.04. The van der Waals surface area contributed by atoms with E-state index in [-0.39, 0.29) is 17.1 Å². The summed E-state index contributed by atoms with van der Waals surface area (Å²) in [6.07, 6.45) is 0. The van der Waals surface area contributed by atoms with Gasteiger partial charge in [0.2, 0.25) is 0 Å². The van der Waals surface area contributed by atoms with E-state index in [1.54, 1.807) is 32.2 Å². The molecule has 0 radical (unpaired) electrons. The SMILES string of the molecule is COc1ccc(-c2nc(C)c(C(=O)Nc3cccc(C(=O)O)c3)n2O)cc1-c1c(C)cccc1C. The summed E-state index contributed by atoms with van der Waals surface area (Å²) in [4.78, 5) is 28.6. The van der Waals surface area contributed by atoms with E-state index in [1.165, 1.54) is 18.2 Å². The number of carbonyl (C=O) groups is 2. The summed E-state index contributed by atoms with van der Waals surface area (Å²) in [5.74, 6) is -0.849. The molecule has 3 aromatic carbocycles. The van der Waals surface area contributed by atoms with Crippen molar-refractivity contribution in [2.45, 2.75) is 20.8 Å². The number of nitrogens with zero attached hydrogens (tertiary/aromatic N) is 2. The molecule has 4 aromatic rings. The van der Waals surface area contributed by atoms with E-state index < -0.39 is 11.9 Å². The van der Waals surface area contributed by atoms with Gasteiger partial charge in [-0.3, -0.25) is 4.79 Å². The van der Waals surface area contributed by atoms with Gasteiger partial charge in [0.15, 0.2) is 11.5 Å². The van der Waals surface area contributed by atoms with Crippen molar-refractivity contribution < 1.29 is 24.6 Å². The van der Waals surface area contributed by atoms with Crippen molar-refractivity contribution in [2.75, 3.05) is 12.4 Å². The molecule has 0 atom stereocenters. The average molecular weight is 472 g/mol. The molecule has 35 heavy (non-hydrogen) atoms. The number of ether oxygens (including phenoxy) is 1. The first kappa shape index (κ1) is 23.6. The van der Waals surface area contributed by atoms with Crippen LogP contribution in [0.15, 0.2) is 60.7 Å². The molecule has 3 N–H and O–H groups in total. The third kappa shape index (κ3) is 4.46. The number of imidazole rings is 1. The minimum absolute atomic E-state index is 0.0370. The maximum Gasteiger partial charge on any atom is 0.335 e. The molecule has 0 aliphatic carbocycles. The molecule has 8 heteroatoms. The van der Waals surface area contributed by atoms with Crippen LogP contribution in [-0.2, 0) is 0 Å². The van der Waals surface area contributed by atoms with Gasteiger partial charge in [0.25, 0.3) is 5.91 Å². The zero-order chi connectivity index (χ0) is 25.3. The van der Waals surface area contributed by atoms with E-state index in [9.17, 15) is 19.9 Å². The fraction of sp³-hybridized carbons (Fsp3) is 0.148. The van der Waals surface area contributed by atoms with Crippen LogP contribution in [0.2, 0.25) is 0 Å². The number of aromatic nitrogens is 2. The Kier molecular flexibility index (Phi) is 6.29. The molecule has 0 unspecified atom stereocenters. The van der Waals surface area contributed by atoms with Gasteiger partial charge in [-0.2, -0.15) is 4.73 Å². The van der Waals surface area contributed by atoms with E-state index in [0.717, 1.165) is 27.0 Å². The number of aryl methyl sites for hydroxylation is 3. The summed E-state index contributed by atoms with van der Waals surface area (Å²) >= 11 is 0. The van der Waals surface area contributed by atoms with Gasteiger partial charge in [0.1, 0.15) is 5.75 Å². The predicted molar refractivity (Wildman–Crippen MR) is 132 cm³/mol. The van der Waals surface area contributed by atoms with Gasteiger partial charge in [-0.05, 0) is 73.9 Å². The fourth-order valence-electron chi connectivity index (χ4n) is 4.17. The Balaban J connectivity index is 1.74. The minimum atomic E-state index is -1.11. The van der Waals surface area contributed by atoms with Crippen LogP contribution in [0.1, 0.15) is 37.7 Å². The quantitative estimate of drug-likeness (QED) is 0.327. The van der Waals surface area contributed by atoms with Crippen LogP contribution in [0.5, 0.6) is 5.75 Å². The molecule has 1 amide bonds. The van der Waals surface area contributed by atoms with Gasteiger partial charge in [0.05, 0.1) is 18.4 Å².